The van der Waals surface area contributed by atoms with Crippen LogP contribution in [0.3, 0.4) is 0 Å². The number of halogens is 1. The molecule has 0 fully saturated rings. The van der Waals surface area contributed by atoms with E-state index in [-0.39, 0.29) is 6.61 Å². The molecule has 0 unspecified atom stereocenters. The van der Waals surface area contributed by atoms with Gasteiger partial charge in [0.25, 0.3) is 5.89 Å². The first kappa shape index (κ1) is 16.0. The number of benzene rings is 1. The van der Waals surface area contributed by atoms with Crippen LogP contribution in [0, 0.1) is 6.92 Å². The highest BCUT2D eigenvalue weighted by Crippen LogP contribution is 2.28. The third-order valence-electron chi connectivity index (χ3n) is 3.01. The lowest BCUT2D eigenvalue weighted by Crippen LogP contribution is -2.09. The maximum Gasteiger partial charge on any atom is 0.264 e. The largest absolute Gasteiger partial charge is 0.483 e. The first-order valence-electron chi connectivity index (χ1n) is 7.02. The second kappa shape index (κ2) is 7.56. The van der Waals surface area contributed by atoms with Crippen LogP contribution in [0.25, 0.3) is 0 Å². The Morgan fingerprint density at radius 3 is 2.90 bits per heavy atom. The van der Waals surface area contributed by atoms with Crippen LogP contribution in [0.15, 0.2) is 21.1 Å². The summed E-state index contributed by atoms with van der Waals surface area (Å²) in [5.41, 5.74) is 2.17. The van der Waals surface area contributed by atoms with E-state index >= 15 is 0 Å². The lowest BCUT2D eigenvalue weighted by Gasteiger charge is -2.13. The SMILES string of the molecule is CCCc1noc(COc2c(C)cc(Br)cc2CNC)n1. The third kappa shape index (κ3) is 4.28. The number of hydrogen-bond acceptors (Lipinski definition) is 5. The summed E-state index contributed by atoms with van der Waals surface area (Å²) in [6, 6.07) is 4.08. The van der Waals surface area contributed by atoms with Crippen LogP contribution >= 0.6 is 15.9 Å². The van der Waals surface area contributed by atoms with Crippen LogP contribution in [-0.4, -0.2) is 17.2 Å². The molecular weight excluding hydrogens is 334 g/mol. The van der Waals surface area contributed by atoms with Gasteiger partial charge in [-0.25, -0.2) is 0 Å². The van der Waals surface area contributed by atoms with E-state index in [9.17, 15) is 0 Å². The molecule has 0 saturated heterocycles. The summed E-state index contributed by atoms with van der Waals surface area (Å²) in [6.45, 7) is 5.13. The van der Waals surface area contributed by atoms with Gasteiger partial charge in [0.2, 0.25) is 0 Å². The van der Waals surface area contributed by atoms with Crippen LogP contribution < -0.4 is 10.1 Å². The van der Waals surface area contributed by atoms with Crippen LogP contribution in [0.2, 0.25) is 0 Å². The average Bonchev–Trinajstić information content (AvgIpc) is 2.86. The Labute approximate surface area is 133 Å². The fraction of sp³-hybridized carbons (Fsp3) is 0.467. The number of nitrogens with zero attached hydrogens (tertiary/aromatic N) is 2. The van der Waals surface area contributed by atoms with Gasteiger partial charge in [-0.15, -0.1) is 0 Å². The first-order chi connectivity index (χ1) is 10.1. The molecule has 1 heterocycles. The van der Waals surface area contributed by atoms with Gasteiger partial charge in [0, 0.05) is 23.0 Å². The molecule has 2 rings (SSSR count). The number of nitrogens with one attached hydrogen (secondary N) is 1. The van der Waals surface area contributed by atoms with Crippen molar-refractivity contribution >= 4 is 15.9 Å². The summed E-state index contributed by atoms with van der Waals surface area (Å²) in [5, 5.41) is 7.07. The van der Waals surface area contributed by atoms with Gasteiger partial charge in [-0.05, 0) is 38.1 Å². The van der Waals surface area contributed by atoms with Crippen molar-refractivity contribution in [3.8, 4) is 5.75 Å². The van der Waals surface area contributed by atoms with Gasteiger partial charge >= 0.3 is 0 Å². The number of aromatic nitrogens is 2. The Bertz CT molecular complexity index is 599. The van der Waals surface area contributed by atoms with Gasteiger partial charge in [-0.3, -0.25) is 0 Å². The molecule has 0 bridgehead atoms. The van der Waals surface area contributed by atoms with Gasteiger partial charge in [-0.2, -0.15) is 4.98 Å². The Balaban J connectivity index is 2.11. The van der Waals surface area contributed by atoms with E-state index < -0.39 is 0 Å². The van der Waals surface area contributed by atoms with Crippen molar-refractivity contribution in [1.82, 2.24) is 15.5 Å². The summed E-state index contributed by atoms with van der Waals surface area (Å²) < 4.78 is 12.1. The van der Waals surface area contributed by atoms with Crippen molar-refractivity contribution in [3.63, 3.8) is 0 Å². The average molecular weight is 354 g/mol. The second-order valence-electron chi connectivity index (χ2n) is 4.88. The number of rotatable bonds is 7. The molecule has 1 N–H and O–H groups in total. The zero-order valence-electron chi connectivity index (χ0n) is 12.6. The van der Waals surface area contributed by atoms with Gasteiger partial charge < -0.3 is 14.6 Å². The van der Waals surface area contributed by atoms with Gasteiger partial charge in [0.1, 0.15) is 5.75 Å². The molecule has 1 aromatic heterocycles. The van der Waals surface area contributed by atoms with Crippen molar-refractivity contribution in [1.29, 1.82) is 0 Å². The zero-order chi connectivity index (χ0) is 15.2. The number of aryl methyl sites for hydroxylation is 2. The maximum atomic E-state index is 5.90. The Kier molecular flexibility index (Phi) is 5.76. The maximum absolute atomic E-state index is 5.90. The lowest BCUT2D eigenvalue weighted by atomic mass is 10.1. The third-order valence-corrected chi connectivity index (χ3v) is 3.47. The van der Waals surface area contributed by atoms with Crippen molar-refractivity contribution in [2.45, 2.75) is 39.8 Å². The summed E-state index contributed by atoms with van der Waals surface area (Å²) in [4.78, 5) is 4.31. The molecule has 2 aromatic rings. The van der Waals surface area contributed by atoms with Crippen molar-refractivity contribution in [2.75, 3.05) is 7.05 Å². The van der Waals surface area contributed by atoms with Crippen molar-refractivity contribution in [2.24, 2.45) is 0 Å². The van der Waals surface area contributed by atoms with Crippen LogP contribution in [-0.2, 0) is 19.6 Å². The second-order valence-corrected chi connectivity index (χ2v) is 5.80. The zero-order valence-corrected chi connectivity index (χ0v) is 14.2. The van der Waals surface area contributed by atoms with E-state index in [1.165, 1.54) is 0 Å². The van der Waals surface area contributed by atoms with Crippen LogP contribution in [0.5, 0.6) is 5.75 Å². The molecule has 6 heteroatoms. The van der Waals surface area contributed by atoms with Gasteiger partial charge in [-0.1, -0.05) is 28.0 Å². The first-order valence-corrected chi connectivity index (χ1v) is 7.81. The molecule has 5 nitrogen and oxygen atoms in total. The Morgan fingerprint density at radius 1 is 1.38 bits per heavy atom. The molecule has 0 aliphatic carbocycles. The predicted molar refractivity (Wildman–Crippen MR) is 84.3 cm³/mol. The summed E-state index contributed by atoms with van der Waals surface area (Å²) in [5.74, 6) is 2.11. The summed E-state index contributed by atoms with van der Waals surface area (Å²) in [7, 11) is 1.91. The highest BCUT2D eigenvalue weighted by atomic mass is 79.9. The standard InChI is InChI=1S/C15H20BrN3O2/c1-4-5-13-18-14(21-19-13)9-20-15-10(2)6-12(16)7-11(15)8-17-3/h6-7,17H,4-5,8-9H2,1-3H3. The molecule has 0 atom stereocenters. The molecule has 0 radical (unpaired) electrons. The topological polar surface area (TPSA) is 60.2 Å². The minimum absolute atomic E-state index is 0.288. The molecule has 0 saturated carbocycles. The molecule has 1 aromatic carbocycles. The minimum Gasteiger partial charge on any atom is -0.483 e. The molecule has 0 aliphatic heterocycles. The predicted octanol–water partition coefficient (Wildman–Crippen LogP) is 3.39. The minimum atomic E-state index is 0.288. The van der Waals surface area contributed by atoms with Crippen LogP contribution in [0.1, 0.15) is 36.2 Å². The fourth-order valence-electron chi connectivity index (χ4n) is 2.14. The number of ether oxygens (including phenoxy) is 1. The van der Waals surface area contributed by atoms with E-state index in [1.54, 1.807) is 0 Å². The van der Waals surface area contributed by atoms with E-state index in [0.29, 0.717) is 5.89 Å². The summed E-state index contributed by atoms with van der Waals surface area (Å²) in [6.07, 6.45) is 1.82. The normalized spacial score (nSPS) is 10.9. The summed E-state index contributed by atoms with van der Waals surface area (Å²) >= 11 is 3.51. The molecular formula is C15H20BrN3O2. The molecule has 0 amide bonds. The number of hydrogen-bond donors (Lipinski definition) is 1. The molecule has 114 valence electrons. The highest BCUT2D eigenvalue weighted by molar-refractivity contribution is 9.10. The van der Waals surface area contributed by atoms with E-state index in [2.05, 4.69) is 44.4 Å². The van der Waals surface area contributed by atoms with E-state index in [1.807, 2.05) is 20.0 Å². The van der Waals surface area contributed by atoms with E-state index in [0.717, 1.165) is 46.6 Å². The Hall–Kier alpha value is -1.40. The van der Waals surface area contributed by atoms with Gasteiger partial charge in [0.05, 0.1) is 0 Å². The van der Waals surface area contributed by atoms with Crippen LogP contribution in [0.4, 0.5) is 0 Å². The quantitative estimate of drug-likeness (QED) is 0.826. The molecule has 0 spiro atoms. The Morgan fingerprint density at radius 2 is 2.19 bits per heavy atom. The monoisotopic (exact) mass is 353 g/mol. The lowest BCUT2D eigenvalue weighted by molar-refractivity contribution is 0.239. The van der Waals surface area contributed by atoms with Gasteiger partial charge in [0.15, 0.2) is 12.4 Å². The molecule has 21 heavy (non-hydrogen) atoms. The molecule has 0 aliphatic rings. The van der Waals surface area contributed by atoms with Crippen molar-refractivity contribution in [3.05, 3.63) is 39.4 Å². The van der Waals surface area contributed by atoms with E-state index in [4.69, 9.17) is 9.26 Å². The fourth-order valence-corrected chi connectivity index (χ4v) is 2.76. The smallest absolute Gasteiger partial charge is 0.264 e. The highest BCUT2D eigenvalue weighted by Gasteiger charge is 2.11. The van der Waals surface area contributed by atoms with Crippen molar-refractivity contribution < 1.29 is 9.26 Å².